The maximum Gasteiger partial charge on any atom is 0.149 e. The smallest absolute Gasteiger partial charge is 0.149 e. The molecule has 2 aromatic rings. The highest BCUT2D eigenvalue weighted by Crippen LogP contribution is 2.16. The first kappa shape index (κ1) is 12.4. The fourth-order valence-corrected chi connectivity index (χ4v) is 1.90. The van der Waals surface area contributed by atoms with E-state index in [1.54, 1.807) is 11.7 Å². The summed E-state index contributed by atoms with van der Waals surface area (Å²) in [7, 11) is 1.77. The second-order valence-electron chi connectivity index (χ2n) is 4.14. The topological polar surface area (TPSA) is 73.8 Å². The molecular weight excluding hydrogens is 228 g/mol. The van der Waals surface area contributed by atoms with Crippen molar-refractivity contribution in [1.29, 1.82) is 0 Å². The Kier molecular flexibility index (Phi) is 3.84. The Labute approximate surface area is 106 Å². The Balaban J connectivity index is 2.14. The average Bonchev–Trinajstić information content (AvgIpc) is 2.77. The molecule has 0 saturated heterocycles. The van der Waals surface area contributed by atoms with E-state index in [9.17, 15) is 4.79 Å². The van der Waals surface area contributed by atoms with Crippen molar-refractivity contribution in [2.75, 3.05) is 6.54 Å². The van der Waals surface area contributed by atoms with Crippen molar-refractivity contribution in [1.82, 2.24) is 14.8 Å². The van der Waals surface area contributed by atoms with E-state index < -0.39 is 0 Å². The van der Waals surface area contributed by atoms with Gasteiger partial charge in [-0.1, -0.05) is 30.3 Å². The Morgan fingerprint density at radius 2 is 2.11 bits per heavy atom. The second kappa shape index (κ2) is 5.55. The minimum atomic E-state index is -0.275. The molecule has 2 rings (SSSR count). The van der Waals surface area contributed by atoms with Crippen LogP contribution in [0.2, 0.25) is 0 Å². The number of hydrogen-bond donors (Lipinski definition) is 1. The lowest BCUT2D eigenvalue weighted by Gasteiger charge is -2.13. The third-order valence-electron chi connectivity index (χ3n) is 2.96. The van der Waals surface area contributed by atoms with Crippen LogP contribution in [0.4, 0.5) is 0 Å². The first-order chi connectivity index (χ1) is 8.72. The van der Waals surface area contributed by atoms with Crippen molar-refractivity contribution in [3.63, 3.8) is 0 Å². The fourth-order valence-electron chi connectivity index (χ4n) is 1.90. The van der Waals surface area contributed by atoms with Crippen molar-refractivity contribution >= 4 is 5.78 Å². The number of rotatable bonds is 5. The molecule has 5 heteroatoms. The molecule has 0 aliphatic heterocycles. The zero-order valence-corrected chi connectivity index (χ0v) is 10.3. The zero-order valence-electron chi connectivity index (χ0n) is 10.3. The van der Waals surface area contributed by atoms with Gasteiger partial charge >= 0.3 is 0 Å². The van der Waals surface area contributed by atoms with Crippen LogP contribution in [-0.2, 0) is 18.3 Å². The van der Waals surface area contributed by atoms with Crippen LogP contribution in [0.15, 0.2) is 36.7 Å². The molecule has 0 aliphatic carbocycles. The molecule has 0 spiro atoms. The minimum Gasteiger partial charge on any atom is -0.329 e. The van der Waals surface area contributed by atoms with Crippen molar-refractivity contribution in [3.8, 4) is 0 Å². The highest BCUT2D eigenvalue weighted by atomic mass is 16.1. The lowest BCUT2D eigenvalue weighted by Crippen LogP contribution is -2.24. The third kappa shape index (κ3) is 2.62. The summed E-state index contributed by atoms with van der Waals surface area (Å²) in [6, 6.07) is 9.59. The van der Waals surface area contributed by atoms with Crippen LogP contribution in [0, 0.1) is 0 Å². The number of aryl methyl sites for hydroxylation is 1. The minimum absolute atomic E-state index is 0.0693. The van der Waals surface area contributed by atoms with Crippen molar-refractivity contribution < 1.29 is 4.79 Å². The van der Waals surface area contributed by atoms with E-state index >= 15 is 0 Å². The van der Waals surface area contributed by atoms with Crippen LogP contribution >= 0.6 is 0 Å². The number of carbonyl (C=O) groups is 1. The first-order valence-electron chi connectivity index (χ1n) is 5.83. The number of ketones is 1. The molecule has 0 radical (unpaired) electrons. The Morgan fingerprint density at radius 1 is 1.39 bits per heavy atom. The summed E-state index contributed by atoms with van der Waals surface area (Å²) >= 11 is 0. The number of Topliss-reactive ketones (excluding diaryl/α,β-unsaturated/α-hetero) is 1. The summed E-state index contributed by atoms with van der Waals surface area (Å²) in [5, 5.41) is 3.95. The van der Waals surface area contributed by atoms with Crippen LogP contribution in [-0.4, -0.2) is 27.1 Å². The van der Waals surface area contributed by atoms with Gasteiger partial charge in [-0.3, -0.25) is 9.48 Å². The monoisotopic (exact) mass is 244 g/mol. The summed E-state index contributed by atoms with van der Waals surface area (Å²) in [4.78, 5) is 16.3. The van der Waals surface area contributed by atoms with E-state index in [2.05, 4.69) is 10.1 Å². The van der Waals surface area contributed by atoms with Crippen molar-refractivity contribution in [3.05, 3.63) is 48.0 Å². The summed E-state index contributed by atoms with van der Waals surface area (Å²) in [5.74, 6) is 0.456. The molecule has 18 heavy (non-hydrogen) atoms. The Bertz CT molecular complexity index is 521. The Morgan fingerprint density at radius 3 is 2.67 bits per heavy atom. The van der Waals surface area contributed by atoms with E-state index in [4.69, 9.17) is 5.73 Å². The van der Waals surface area contributed by atoms with E-state index in [0.29, 0.717) is 12.4 Å². The van der Waals surface area contributed by atoms with Gasteiger partial charge in [-0.15, -0.1) is 0 Å². The van der Waals surface area contributed by atoms with Crippen LogP contribution < -0.4 is 5.73 Å². The average molecular weight is 244 g/mol. The van der Waals surface area contributed by atoms with Gasteiger partial charge in [-0.25, -0.2) is 4.98 Å². The lowest BCUT2D eigenvalue weighted by molar-refractivity contribution is -0.119. The molecule has 1 atom stereocenters. The lowest BCUT2D eigenvalue weighted by atomic mass is 9.93. The van der Waals surface area contributed by atoms with Gasteiger partial charge < -0.3 is 5.73 Å². The number of benzene rings is 1. The summed E-state index contributed by atoms with van der Waals surface area (Å²) in [5.41, 5.74) is 6.66. The van der Waals surface area contributed by atoms with Crippen LogP contribution in [0.5, 0.6) is 0 Å². The summed E-state index contributed by atoms with van der Waals surface area (Å²) < 4.78 is 1.61. The maximum absolute atomic E-state index is 12.2. The maximum atomic E-state index is 12.2. The SMILES string of the molecule is Cn1ncnc1CC(=O)C(CN)c1ccccc1. The molecule has 5 nitrogen and oxygen atoms in total. The highest BCUT2D eigenvalue weighted by Gasteiger charge is 2.20. The van der Waals surface area contributed by atoms with Gasteiger partial charge in [-0.05, 0) is 5.56 Å². The molecule has 0 bridgehead atoms. The number of nitrogens with zero attached hydrogens (tertiary/aromatic N) is 3. The number of aromatic nitrogens is 3. The zero-order chi connectivity index (χ0) is 13.0. The van der Waals surface area contributed by atoms with E-state index in [0.717, 1.165) is 5.56 Å². The highest BCUT2D eigenvalue weighted by molar-refractivity contribution is 5.87. The van der Waals surface area contributed by atoms with E-state index in [1.165, 1.54) is 6.33 Å². The summed E-state index contributed by atoms with van der Waals surface area (Å²) in [6.07, 6.45) is 1.70. The molecule has 1 heterocycles. The number of nitrogens with two attached hydrogens (primary N) is 1. The van der Waals surface area contributed by atoms with Crippen LogP contribution in [0.25, 0.3) is 0 Å². The summed E-state index contributed by atoms with van der Waals surface area (Å²) in [6.45, 7) is 0.306. The predicted octanol–water partition coefficient (Wildman–Crippen LogP) is 0.669. The molecule has 94 valence electrons. The van der Waals surface area contributed by atoms with E-state index in [1.807, 2.05) is 30.3 Å². The largest absolute Gasteiger partial charge is 0.329 e. The van der Waals surface area contributed by atoms with E-state index in [-0.39, 0.29) is 18.1 Å². The van der Waals surface area contributed by atoms with Gasteiger partial charge in [0, 0.05) is 13.6 Å². The molecule has 0 fully saturated rings. The van der Waals surface area contributed by atoms with Crippen molar-refractivity contribution in [2.24, 2.45) is 12.8 Å². The van der Waals surface area contributed by atoms with Crippen molar-refractivity contribution in [2.45, 2.75) is 12.3 Å². The standard InChI is InChI=1S/C13H16N4O/c1-17-13(15-9-16-17)7-12(18)11(8-14)10-5-3-2-4-6-10/h2-6,9,11H,7-8,14H2,1H3. The molecule has 2 N–H and O–H groups in total. The van der Waals surface area contributed by atoms with Gasteiger partial charge in [0.1, 0.15) is 17.9 Å². The van der Waals surface area contributed by atoms with Gasteiger partial charge in [-0.2, -0.15) is 5.10 Å². The normalized spacial score (nSPS) is 12.3. The van der Waals surface area contributed by atoms with Gasteiger partial charge in [0.2, 0.25) is 0 Å². The molecule has 0 aliphatic rings. The van der Waals surface area contributed by atoms with Crippen LogP contribution in [0.3, 0.4) is 0 Å². The Hall–Kier alpha value is -2.01. The quantitative estimate of drug-likeness (QED) is 0.839. The van der Waals surface area contributed by atoms with Gasteiger partial charge in [0.05, 0.1) is 12.3 Å². The predicted molar refractivity (Wildman–Crippen MR) is 68.0 cm³/mol. The molecule has 0 amide bonds. The first-order valence-corrected chi connectivity index (χ1v) is 5.83. The third-order valence-corrected chi connectivity index (χ3v) is 2.96. The second-order valence-corrected chi connectivity index (χ2v) is 4.14. The number of hydrogen-bond acceptors (Lipinski definition) is 4. The molecule has 0 saturated carbocycles. The fraction of sp³-hybridized carbons (Fsp3) is 0.308. The van der Waals surface area contributed by atoms with Gasteiger partial charge in [0.15, 0.2) is 0 Å². The van der Waals surface area contributed by atoms with Gasteiger partial charge in [0.25, 0.3) is 0 Å². The molecule has 1 unspecified atom stereocenters. The molecule has 1 aromatic carbocycles. The number of carbonyl (C=O) groups excluding carboxylic acids is 1. The molecular formula is C13H16N4O. The van der Waals surface area contributed by atoms with Crippen LogP contribution in [0.1, 0.15) is 17.3 Å². The molecule has 1 aromatic heterocycles.